The van der Waals surface area contributed by atoms with Crippen LogP contribution in [0.25, 0.3) is 10.9 Å². The molecule has 1 aliphatic heterocycles. The number of hydrogen-bond acceptors (Lipinski definition) is 6. The number of nitrogens with zero attached hydrogens (tertiary/aromatic N) is 6. The Labute approximate surface area is 205 Å². The van der Waals surface area contributed by atoms with Crippen LogP contribution >= 0.6 is 0 Å². The van der Waals surface area contributed by atoms with Gasteiger partial charge in [0.2, 0.25) is 0 Å². The average Bonchev–Trinajstić information content (AvgIpc) is 3.37. The predicted molar refractivity (Wildman–Crippen MR) is 139 cm³/mol. The van der Waals surface area contributed by atoms with Crippen LogP contribution in [0.5, 0.6) is 0 Å². The Hall–Kier alpha value is -3.52. The topological polar surface area (TPSA) is 82.9 Å². The van der Waals surface area contributed by atoms with Gasteiger partial charge in [0.15, 0.2) is 5.82 Å². The van der Waals surface area contributed by atoms with Gasteiger partial charge in [0.25, 0.3) is 5.56 Å². The predicted octanol–water partition coefficient (Wildman–Crippen LogP) is 3.88. The van der Waals surface area contributed by atoms with E-state index in [0.29, 0.717) is 11.4 Å². The standard InChI is InChI=1S/C27H33N7O/c1-5-27(3,4)34-25(29-30-31-34)24(22-18-20-11-9-10-19(2)23(20)28-26(22)35)33-16-14-32(15-17-33)21-12-7-6-8-13-21/h6-13,18,24H,5,14-17H2,1-4H3,(H,28,35)/t24-/m0/s1. The number of para-hydroxylation sites is 2. The summed E-state index contributed by atoms with van der Waals surface area (Å²) < 4.78 is 1.90. The maximum atomic E-state index is 13.5. The summed E-state index contributed by atoms with van der Waals surface area (Å²) in [5.41, 5.74) is 3.46. The number of aryl methyl sites for hydroxylation is 1. The second kappa shape index (κ2) is 9.26. The Bertz CT molecular complexity index is 1370. The highest BCUT2D eigenvalue weighted by molar-refractivity contribution is 5.82. The first-order valence-corrected chi connectivity index (χ1v) is 12.3. The van der Waals surface area contributed by atoms with Crippen molar-refractivity contribution >= 4 is 16.6 Å². The van der Waals surface area contributed by atoms with Gasteiger partial charge in [0.1, 0.15) is 6.04 Å². The molecule has 0 amide bonds. The van der Waals surface area contributed by atoms with Crippen molar-refractivity contribution in [3.8, 4) is 0 Å². The Kier molecular flexibility index (Phi) is 6.15. The molecule has 0 radical (unpaired) electrons. The third kappa shape index (κ3) is 4.34. The number of tetrazole rings is 1. The molecule has 2 aromatic carbocycles. The van der Waals surface area contributed by atoms with E-state index in [4.69, 9.17) is 0 Å². The SMILES string of the molecule is CCC(C)(C)n1nnnc1[C@H](c1cc2cccc(C)c2[nH]c1=O)N1CCN(c2ccccc2)CC1. The Morgan fingerprint density at radius 2 is 1.77 bits per heavy atom. The molecule has 1 atom stereocenters. The van der Waals surface area contributed by atoms with E-state index in [1.54, 1.807) is 0 Å². The molecule has 1 aliphatic rings. The van der Waals surface area contributed by atoms with Crippen LogP contribution in [0.3, 0.4) is 0 Å². The molecule has 1 saturated heterocycles. The molecule has 0 spiro atoms. The largest absolute Gasteiger partial charge is 0.369 e. The van der Waals surface area contributed by atoms with Gasteiger partial charge < -0.3 is 9.88 Å². The van der Waals surface area contributed by atoms with Crippen molar-refractivity contribution in [3.05, 3.63) is 81.9 Å². The maximum Gasteiger partial charge on any atom is 0.253 e. The van der Waals surface area contributed by atoms with E-state index < -0.39 is 0 Å². The van der Waals surface area contributed by atoms with Gasteiger partial charge >= 0.3 is 0 Å². The molecule has 3 heterocycles. The molecule has 1 N–H and O–H groups in total. The minimum Gasteiger partial charge on any atom is -0.369 e. The van der Waals surface area contributed by atoms with E-state index in [2.05, 4.69) is 75.3 Å². The summed E-state index contributed by atoms with van der Waals surface area (Å²) in [4.78, 5) is 21.4. The van der Waals surface area contributed by atoms with Crippen LogP contribution < -0.4 is 10.5 Å². The van der Waals surface area contributed by atoms with Gasteiger partial charge in [-0.1, -0.05) is 43.3 Å². The van der Waals surface area contributed by atoms with Crippen molar-refractivity contribution in [1.29, 1.82) is 0 Å². The van der Waals surface area contributed by atoms with Crippen LogP contribution in [0.4, 0.5) is 5.69 Å². The van der Waals surface area contributed by atoms with Crippen molar-refractivity contribution in [2.45, 2.75) is 45.7 Å². The summed E-state index contributed by atoms with van der Waals surface area (Å²) in [6.07, 6.45) is 0.868. The molecule has 5 rings (SSSR count). The lowest BCUT2D eigenvalue weighted by Gasteiger charge is -2.40. The first kappa shape index (κ1) is 23.2. The van der Waals surface area contributed by atoms with Gasteiger partial charge in [-0.05, 0) is 66.8 Å². The van der Waals surface area contributed by atoms with Crippen LogP contribution in [0.2, 0.25) is 0 Å². The molecule has 8 nitrogen and oxygen atoms in total. The first-order chi connectivity index (χ1) is 16.9. The lowest BCUT2D eigenvalue weighted by atomic mass is 9.98. The molecule has 0 bridgehead atoms. The molecule has 4 aromatic rings. The number of hydrogen-bond donors (Lipinski definition) is 1. The summed E-state index contributed by atoms with van der Waals surface area (Å²) in [6, 6.07) is 18.2. The zero-order valence-electron chi connectivity index (χ0n) is 20.9. The molecule has 2 aromatic heterocycles. The van der Waals surface area contributed by atoms with E-state index in [9.17, 15) is 4.79 Å². The summed E-state index contributed by atoms with van der Waals surface area (Å²) in [5.74, 6) is 0.711. The Morgan fingerprint density at radius 1 is 1.03 bits per heavy atom. The number of fused-ring (bicyclic) bond motifs is 1. The second-order valence-corrected chi connectivity index (χ2v) is 9.97. The number of anilines is 1. The molecule has 1 fully saturated rings. The van der Waals surface area contributed by atoms with Crippen LogP contribution in [0.1, 0.15) is 50.2 Å². The lowest BCUT2D eigenvalue weighted by molar-refractivity contribution is 0.186. The highest BCUT2D eigenvalue weighted by Gasteiger charge is 2.35. The Morgan fingerprint density at radius 3 is 2.49 bits per heavy atom. The number of piperazine rings is 1. The van der Waals surface area contributed by atoms with E-state index in [1.165, 1.54) is 5.69 Å². The van der Waals surface area contributed by atoms with E-state index in [0.717, 1.165) is 49.1 Å². The first-order valence-electron chi connectivity index (χ1n) is 12.3. The van der Waals surface area contributed by atoms with Crippen molar-refractivity contribution in [1.82, 2.24) is 30.1 Å². The summed E-state index contributed by atoms with van der Waals surface area (Å²) in [6.45, 7) is 11.7. The van der Waals surface area contributed by atoms with Crippen molar-refractivity contribution < 1.29 is 0 Å². The van der Waals surface area contributed by atoms with Crippen molar-refractivity contribution in [3.63, 3.8) is 0 Å². The number of pyridine rings is 1. The second-order valence-electron chi connectivity index (χ2n) is 9.97. The van der Waals surface area contributed by atoms with Gasteiger partial charge in [0.05, 0.1) is 11.1 Å². The monoisotopic (exact) mass is 471 g/mol. The fourth-order valence-electron chi connectivity index (χ4n) is 4.93. The normalized spacial score (nSPS) is 16.1. The smallest absolute Gasteiger partial charge is 0.253 e. The third-order valence-electron chi connectivity index (χ3n) is 7.39. The highest BCUT2D eigenvalue weighted by atomic mass is 16.1. The van der Waals surface area contributed by atoms with Gasteiger partial charge in [-0.25, -0.2) is 4.68 Å². The molecule has 0 unspecified atom stereocenters. The zero-order valence-corrected chi connectivity index (χ0v) is 20.9. The van der Waals surface area contributed by atoms with Crippen LogP contribution in [-0.2, 0) is 5.54 Å². The molecule has 0 saturated carbocycles. The number of benzene rings is 2. The van der Waals surface area contributed by atoms with Crippen molar-refractivity contribution in [2.24, 2.45) is 0 Å². The van der Waals surface area contributed by atoms with Crippen LogP contribution in [0.15, 0.2) is 59.4 Å². The summed E-state index contributed by atoms with van der Waals surface area (Å²) in [7, 11) is 0. The lowest BCUT2D eigenvalue weighted by Crippen LogP contribution is -2.49. The number of aromatic nitrogens is 5. The number of H-pyrrole nitrogens is 1. The van der Waals surface area contributed by atoms with E-state index >= 15 is 0 Å². The molecular formula is C27H33N7O. The molecule has 0 aliphatic carbocycles. The minimum absolute atomic E-state index is 0.0915. The summed E-state index contributed by atoms with van der Waals surface area (Å²) >= 11 is 0. The molecular weight excluding hydrogens is 438 g/mol. The van der Waals surface area contributed by atoms with Crippen molar-refractivity contribution in [2.75, 3.05) is 31.1 Å². The summed E-state index contributed by atoms with van der Waals surface area (Å²) in [5, 5.41) is 13.9. The highest BCUT2D eigenvalue weighted by Crippen LogP contribution is 2.32. The number of rotatable bonds is 6. The molecule has 35 heavy (non-hydrogen) atoms. The van der Waals surface area contributed by atoms with Crippen LogP contribution in [-0.4, -0.2) is 56.3 Å². The Balaban J connectivity index is 1.58. The quantitative estimate of drug-likeness (QED) is 0.460. The minimum atomic E-state index is -0.345. The fraction of sp³-hybridized carbons (Fsp3) is 0.407. The zero-order chi connectivity index (χ0) is 24.6. The average molecular weight is 472 g/mol. The van der Waals surface area contributed by atoms with Gasteiger partial charge in [0, 0.05) is 37.4 Å². The van der Waals surface area contributed by atoms with Crippen LogP contribution in [0, 0.1) is 6.92 Å². The number of aromatic amines is 1. The molecule has 8 heteroatoms. The molecule has 182 valence electrons. The van der Waals surface area contributed by atoms with E-state index in [-0.39, 0.29) is 17.1 Å². The number of nitrogens with one attached hydrogen (secondary N) is 1. The maximum absolute atomic E-state index is 13.5. The fourth-order valence-corrected chi connectivity index (χ4v) is 4.93. The van der Waals surface area contributed by atoms with Gasteiger partial charge in [-0.3, -0.25) is 9.69 Å². The van der Waals surface area contributed by atoms with Gasteiger partial charge in [-0.2, -0.15) is 0 Å². The van der Waals surface area contributed by atoms with E-state index in [1.807, 2.05) is 41.9 Å². The third-order valence-corrected chi connectivity index (χ3v) is 7.39. The van der Waals surface area contributed by atoms with Gasteiger partial charge in [-0.15, -0.1) is 5.10 Å².